The van der Waals surface area contributed by atoms with Gasteiger partial charge in [-0.05, 0) is 41.6 Å². The monoisotopic (exact) mass is 267 g/mol. The Balaban J connectivity index is 1.75. The number of allylic oxidation sites excluding steroid dienone is 1. The van der Waals surface area contributed by atoms with Gasteiger partial charge in [-0.2, -0.15) is 0 Å². The minimum Gasteiger partial charge on any atom is -0.354 e. The molecule has 0 fully saturated rings. The molecule has 0 saturated carbocycles. The minimum atomic E-state index is 0.705. The fourth-order valence-corrected chi connectivity index (χ4v) is 1.91. The summed E-state index contributed by atoms with van der Waals surface area (Å²) in [5, 5.41) is 3.21. The first-order valence-corrected chi connectivity index (χ1v) is 6.03. The third kappa shape index (κ3) is 3.30. The van der Waals surface area contributed by atoms with Crippen molar-refractivity contribution >= 4 is 21.9 Å². The molecule has 0 atom stereocenters. The number of aromatic nitrogens is 2. The van der Waals surface area contributed by atoms with Crippen LogP contribution in [0.4, 0.5) is 5.95 Å². The first kappa shape index (κ1) is 10.6. The van der Waals surface area contributed by atoms with E-state index in [9.17, 15) is 0 Å². The van der Waals surface area contributed by atoms with E-state index in [-0.39, 0.29) is 0 Å². The molecule has 0 bridgehead atoms. The van der Waals surface area contributed by atoms with Gasteiger partial charge in [-0.15, -0.1) is 0 Å². The number of hydrogen-bond donors (Lipinski definition) is 1. The molecule has 0 aromatic carbocycles. The lowest BCUT2D eigenvalue weighted by Gasteiger charge is -2.04. The van der Waals surface area contributed by atoms with E-state index >= 15 is 0 Å². The van der Waals surface area contributed by atoms with Crippen LogP contribution in [0.1, 0.15) is 25.7 Å². The van der Waals surface area contributed by atoms with Crippen LogP contribution in [0.5, 0.6) is 0 Å². The van der Waals surface area contributed by atoms with Gasteiger partial charge in [-0.3, -0.25) is 0 Å². The predicted octanol–water partition coefficient (Wildman–Crippen LogP) is 3.15. The maximum absolute atomic E-state index is 4.15. The highest BCUT2D eigenvalue weighted by Gasteiger charge is 2.03. The second-order valence-corrected chi connectivity index (χ2v) is 4.57. The number of hydrogen-bond acceptors (Lipinski definition) is 3. The van der Waals surface area contributed by atoms with Crippen molar-refractivity contribution in [3.8, 4) is 0 Å². The van der Waals surface area contributed by atoms with Crippen molar-refractivity contribution < 1.29 is 0 Å². The van der Waals surface area contributed by atoms with E-state index in [0.717, 1.165) is 17.4 Å². The highest BCUT2D eigenvalue weighted by molar-refractivity contribution is 9.10. The number of nitrogens with one attached hydrogen (secondary N) is 1. The van der Waals surface area contributed by atoms with Gasteiger partial charge in [0.2, 0.25) is 5.95 Å². The summed E-state index contributed by atoms with van der Waals surface area (Å²) in [7, 11) is 0. The molecule has 1 aromatic heterocycles. The van der Waals surface area contributed by atoms with Crippen LogP contribution < -0.4 is 5.32 Å². The predicted molar refractivity (Wildman–Crippen MR) is 64.8 cm³/mol. The Morgan fingerprint density at radius 2 is 2.13 bits per heavy atom. The van der Waals surface area contributed by atoms with Crippen LogP contribution in [-0.2, 0) is 0 Å². The molecule has 1 aliphatic rings. The Kier molecular flexibility index (Phi) is 3.72. The summed E-state index contributed by atoms with van der Waals surface area (Å²) in [6.45, 7) is 0.924. The molecule has 80 valence electrons. The van der Waals surface area contributed by atoms with Gasteiger partial charge in [0.25, 0.3) is 0 Å². The molecule has 0 amide bonds. The maximum Gasteiger partial charge on any atom is 0.222 e. The number of anilines is 1. The number of nitrogens with zero attached hydrogens (tertiary/aromatic N) is 2. The van der Waals surface area contributed by atoms with Crippen LogP contribution in [0, 0.1) is 0 Å². The largest absolute Gasteiger partial charge is 0.354 e. The summed E-state index contributed by atoms with van der Waals surface area (Å²) in [5.41, 5.74) is 1.57. The molecule has 1 N–H and O–H groups in total. The lowest BCUT2D eigenvalue weighted by Crippen LogP contribution is -2.05. The standard InChI is InChI=1S/C11H14BrN3/c12-10-7-14-11(15-8-10)13-6-5-9-3-1-2-4-9/h3,7-8H,1-2,4-6H2,(H,13,14,15). The van der Waals surface area contributed by atoms with E-state index in [1.165, 1.54) is 19.3 Å². The van der Waals surface area contributed by atoms with Gasteiger partial charge in [-0.1, -0.05) is 11.6 Å². The van der Waals surface area contributed by atoms with E-state index in [1.54, 1.807) is 18.0 Å². The van der Waals surface area contributed by atoms with Crippen LogP contribution >= 0.6 is 15.9 Å². The fourth-order valence-electron chi connectivity index (χ4n) is 1.70. The van der Waals surface area contributed by atoms with Crippen molar-refractivity contribution in [3.05, 3.63) is 28.5 Å². The molecule has 0 saturated heterocycles. The van der Waals surface area contributed by atoms with Gasteiger partial charge >= 0.3 is 0 Å². The van der Waals surface area contributed by atoms with Gasteiger partial charge in [-0.25, -0.2) is 9.97 Å². The van der Waals surface area contributed by atoms with E-state index < -0.39 is 0 Å². The number of rotatable bonds is 4. The molecule has 3 nitrogen and oxygen atoms in total. The summed E-state index contributed by atoms with van der Waals surface area (Å²) < 4.78 is 0.909. The molecule has 0 radical (unpaired) electrons. The van der Waals surface area contributed by atoms with Crippen molar-refractivity contribution in [2.24, 2.45) is 0 Å². The highest BCUT2D eigenvalue weighted by atomic mass is 79.9. The molecular weight excluding hydrogens is 254 g/mol. The van der Waals surface area contributed by atoms with Crippen LogP contribution in [-0.4, -0.2) is 16.5 Å². The fraction of sp³-hybridized carbons (Fsp3) is 0.455. The Labute approximate surface area is 98.1 Å². The molecule has 1 aromatic rings. The third-order valence-electron chi connectivity index (χ3n) is 2.48. The topological polar surface area (TPSA) is 37.8 Å². The lowest BCUT2D eigenvalue weighted by atomic mass is 10.2. The summed E-state index contributed by atoms with van der Waals surface area (Å²) in [4.78, 5) is 8.31. The molecule has 15 heavy (non-hydrogen) atoms. The Morgan fingerprint density at radius 3 is 2.80 bits per heavy atom. The van der Waals surface area contributed by atoms with Gasteiger partial charge in [0, 0.05) is 18.9 Å². The van der Waals surface area contributed by atoms with Gasteiger partial charge < -0.3 is 5.32 Å². The van der Waals surface area contributed by atoms with Crippen LogP contribution in [0.3, 0.4) is 0 Å². The van der Waals surface area contributed by atoms with Gasteiger partial charge in [0.15, 0.2) is 0 Å². The van der Waals surface area contributed by atoms with Gasteiger partial charge in [0.05, 0.1) is 4.47 Å². The molecule has 0 unspecified atom stereocenters. The van der Waals surface area contributed by atoms with Crippen molar-refractivity contribution in [3.63, 3.8) is 0 Å². The Morgan fingerprint density at radius 1 is 1.33 bits per heavy atom. The molecule has 1 aliphatic carbocycles. The van der Waals surface area contributed by atoms with Crippen molar-refractivity contribution in [2.75, 3.05) is 11.9 Å². The first-order valence-electron chi connectivity index (χ1n) is 5.24. The summed E-state index contributed by atoms with van der Waals surface area (Å²) in [5.74, 6) is 0.705. The SMILES string of the molecule is Brc1cnc(NCCC2=CCCC2)nc1. The molecule has 4 heteroatoms. The highest BCUT2D eigenvalue weighted by Crippen LogP contribution is 2.20. The van der Waals surface area contributed by atoms with Crippen molar-refractivity contribution in [1.29, 1.82) is 0 Å². The Hall–Kier alpha value is -0.900. The zero-order chi connectivity index (χ0) is 10.5. The van der Waals surface area contributed by atoms with E-state index in [1.807, 2.05) is 0 Å². The summed E-state index contributed by atoms with van der Waals surface area (Å²) >= 11 is 3.31. The van der Waals surface area contributed by atoms with E-state index in [0.29, 0.717) is 5.95 Å². The lowest BCUT2D eigenvalue weighted by molar-refractivity contribution is 0.859. The smallest absolute Gasteiger partial charge is 0.222 e. The first-order chi connectivity index (χ1) is 7.34. The normalized spacial score (nSPS) is 15.1. The molecule has 1 heterocycles. The van der Waals surface area contributed by atoms with Crippen LogP contribution in [0.2, 0.25) is 0 Å². The molecule has 0 spiro atoms. The van der Waals surface area contributed by atoms with Crippen molar-refractivity contribution in [1.82, 2.24) is 9.97 Å². The average Bonchev–Trinajstić information content (AvgIpc) is 2.74. The van der Waals surface area contributed by atoms with Gasteiger partial charge in [0.1, 0.15) is 0 Å². The van der Waals surface area contributed by atoms with Crippen molar-refractivity contribution in [2.45, 2.75) is 25.7 Å². The number of halogens is 1. The zero-order valence-electron chi connectivity index (χ0n) is 8.54. The van der Waals surface area contributed by atoms with Crippen LogP contribution in [0.15, 0.2) is 28.5 Å². The average molecular weight is 268 g/mol. The Bertz CT molecular complexity index is 345. The zero-order valence-corrected chi connectivity index (χ0v) is 10.1. The second kappa shape index (κ2) is 5.26. The molecular formula is C11H14BrN3. The van der Waals surface area contributed by atoms with E-state index in [2.05, 4.69) is 37.3 Å². The third-order valence-corrected chi connectivity index (χ3v) is 2.89. The van der Waals surface area contributed by atoms with E-state index in [4.69, 9.17) is 0 Å². The maximum atomic E-state index is 4.15. The molecule has 0 aliphatic heterocycles. The molecule has 2 rings (SSSR count). The summed E-state index contributed by atoms with van der Waals surface area (Å²) in [6.07, 6.45) is 10.8. The van der Waals surface area contributed by atoms with Crippen LogP contribution in [0.25, 0.3) is 0 Å². The summed E-state index contributed by atoms with van der Waals surface area (Å²) in [6, 6.07) is 0. The second-order valence-electron chi connectivity index (χ2n) is 3.66. The minimum absolute atomic E-state index is 0.705. The quantitative estimate of drug-likeness (QED) is 0.852.